The number of anilines is 1. The van der Waals surface area contributed by atoms with Crippen LogP contribution in [0.5, 0.6) is 0 Å². The number of carbonyl (C=O) groups is 1. The second-order valence-corrected chi connectivity index (χ2v) is 4.76. The van der Waals surface area contributed by atoms with Crippen LogP contribution >= 0.6 is 0 Å². The van der Waals surface area contributed by atoms with Crippen LogP contribution in [0.15, 0.2) is 41.6 Å². The summed E-state index contributed by atoms with van der Waals surface area (Å²) >= 11 is 0. The molecule has 7 heteroatoms. The summed E-state index contributed by atoms with van der Waals surface area (Å²) in [5.41, 5.74) is -0.0487. The van der Waals surface area contributed by atoms with Crippen molar-refractivity contribution in [2.75, 3.05) is 31.1 Å². The van der Waals surface area contributed by atoms with Gasteiger partial charge in [-0.15, -0.1) is 0 Å². The summed E-state index contributed by atoms with van der Waals surface area (Å²) in [6.07, 6.45) is 4.24. The molecule has 0 spiro atoms. The van der Waals surface area contributed by atoms with Gasteiger partial charge in [-0.2, -0.15) is 0 Å². The fourth-order valence-electron chi connectivity index (χ4n) is 2.30. The molecule has 108 valence electrons. The van der Waals surface area contributed by atoms with Crippen molar-refractivity contribution in [3.05, 3.63) is 52.8 Å². The lowest BCUT2D eigenvalue weighted by atomic mass is 10.2. The smallest absolute Gasteiger partial charge is 0.274 e. The fraction of sp³-hybridized carbons (Fsp3) is 0.286. The lowest BCUT2D eigenvalue weighted by Gasteiger charge is -2.35. The van der Waals surface area contributed by atoms with Gasteiger partial charge in [-0.05, 0) is 12.1 Å². The van der Waals surface area contributed by atoms with Gasteiger partial charge in [0.15, 0.2) is 0 Å². The molecular formula is C14H15N5O2. The maximum absolute atomic E-state index is 12.3. The zero-order valence-electron chi connectivity index (χ0n) is 11.4. The highest BCUT2D eigenvalue weighted by molar-refractivity contribution is 5.92. The average molecular weight is 285 g/mol. The van der Waals surface area contributed by atoms with Crippen LogP contribution in [0.4, 0.5) is 5.82 Å². The number of piperazine rings is 1. The molecule has 21 heavy (non-hydrogen) atoms. The largest absolute Gasteiger partial charge is 0.353 e. The standard InChI is InChI=1S/C14H15N5O2/c20-13-10-16-11(9-17-13)14(21)19-7-5-18(6-8-19)12-3-1-2-4-15-12/h1-4,9-10H,5-8H2,(H,17,20). The van der Waals surface area contributed by atoms with Crippen molar-refractivity contribution in [1.82, 2.24) is 19.9 Å². The van der Waals surface area contributed by atoms with Gasteiger partial charge in [0.1, 0.15) is 11.5 Å². The first-order valence-corrected chi connectivity index (χ1v) is 6.74. The molecule has 1 N–H and O–H groups in total. The van der Waals surface area contributed by atoms with E-state index in [0.29, 0.717) is 13.1 Å². The van der Waals surface area contributed by atoms with Crippen molar-refractivity contribution >= 4 is 11.7 Å². The Balaban J connectivity index is 1.64. The molecule has 0 saturated carbocycles. The van der Waals surface area contributed by atoms with E-state index in [1.807, 2.05) is 18.2 Å². The Morgan fingerprint density at radius 1 is 1.14 bits per heavy atom. The maximum atomic E-state index is 12.3. The molecule has 0 radical (unpaired) electrons. The number of aromatic nitrogens is 3. The highest BCUT2D eigenvalue weighted by Crippen LogP contribution is 2.13. The predicted octanol–water partition coefficient (Wildman–Crippen LogP) is 0.127. The third-order valence-electron chi connectivity index (χ3n) is 3.43. The first-order chi connectivity index (χ1) is 10.2. The Morgan fingerprint density at radius 2 is 1.95 bits per heavy atom. The molecule has 2 aromatic rings. The number of pyridine rings is 1. The molecule has 1 amide bonds. The summed E-state index contributed by atoms with van der Waals surface area (Å²) in [6.45, 7) is 2.67. The summed E-state index contributed by atoms with van der Waals surface area (Å²) in [7, 11) is 0. The zero-order valence-corrected chi connectivity index (χ0v) is 11.4. The molecule has 0 unspecified atom stereocenters. The van der Waals surface area contributed by atoms with Crippen molar-refractivity contribution in [1.29, 1.82) is 0 Å². The predicted molar refractivity (Wildman–Crippen MR) is 77.2 cm³/mol. The highest BCUT2D eigenvalue weighted by Gasteiger charge is 2.23. The normalized spacial score (nSPS) is 15.0. The number of aromatic amines is 1. The van der Waals surface area contributed by atoms with E-state index >= 15 is 0 Å². The van der Waals surface area contributed by atoms with Gasteiger partial charge in [-0.1, -0.05) is 6.07 Å². The van der Waals surface area contributed by atoms with E-state index in [9.17, 15) is 9.59 Å². The van der Waals surface area contributed by atoms with E-state index < -0.39 is 0 Å². The topological polar surface area (TPSA) is 82.2 Å². The van der Waals surface area contributed by atoms with Gasteiger partial charge in [0.05, 0.1) is 6.20 Å². The molecule has 0 atom stereocenters. The zero-order chi connectivity index (χ0) is 14.7. The summed E-state index contributed by atoms with van der Waals surface area (Å²) in [4.78, 5) is 37.8. The lowest BCUT2D eigenvalue weighted by molar-refractivity contribution is 0.0740. The Kier molecular flexibility index (Phi) is 3.63. The number of nitrogens with zero attached hydrogens (tertiary/aromatic N) is 4. The van der Waals surface area contributed by atoms with Crippen molar-refractivity contribution in [2.24, 2.45) is 0 Å². The highest BCUT2D eigenvalue weighted by atomic mass is 16.2. The molecular weight excluding hydrogens is 270 g/mol. The van der Waals surface area contributed by atoms with Gasteiger partial charge in [0, 0.05) is 38.6 Å². The molecule has 3 rings (SSSR count). The maximum Gasteiger partial charge on any atom is 0.274 e. The van der Waals surface area contributed by atoms with E-state index in [0.717, 1.165) is 25.1 Å². The monoisotopic (exact) mass is 285 g/mol. The van der Waals surface area contributed by atoms with Crippen LogP contribution in [0.3, 0.4) is 0 Å². The van der Waals surface area contributed by atoms with E-state index in [2.05, 4.69) is 19.9 Å². The van der Waals surface area contributed by atoms with Gasteiger partial charge in [0.2, 0.25) is 0 Å². The minimum absolute atomic E-state index is 0.160. The van der Waals surface area contributed by atoms with E-state index in [-0.39, 0.29) is 17.2 Å². The van der Waals surface area contributed by atoms with E-state index in [1.165, 1.54) is 6.20 Å². The van der Waals surface area contributed by atoms with Crippen molar-refractivity contribution in [3.63, 3.8) is 0 Å². The van der Waals surface area contributed by atoms with E-state index in [4.69, 9.17) is 0 Å². The van der Waals surface area contributed by atoms with Gasteiger partial charge in [0.25, 0.3) is 11.5 Å². The number of H-pyrrole nitrogens is 1. The molecule has 1 saturated heterocycles. The van der Waals surface area contributed by atoms with Crippen molar-refractivity contribution in [2.45, 2.75) is 0 Å². The molecule has 1 aliphatic heterocycles. The number of amides is 1. The molecule has 1 aliphatic rings. The van der Waals surface area contributed by atoms with Crippen molar-refractivity contribution in [3.8, 4) is 0 Å². The third-order valence-corrected chi connectivity index (χ3v) is 3.43. The Morgan fingerprint density at radius 3 is 2.57 bits per heavy atom. The fourth-order valence-corrected chi connectivity index (χ4v) is 2.30. The Bertz CT molecular complexity index is 657. The molecule has 0 bridgehead atoms. The second kappa shape index (κ2) is 5.74. The van der Waals surface area contributed by atoms with Crippen molar-refractivity contribution < 1.29 is 4.79 Å². The van der Waals surface area contributed by atoms with Gasteiger partial charge in [-0.25, -0.2) is 9.97 Å². The van der Waals surface area contributed by atoms with E-state index in [1.54, 1.807) is 11.1 Å². The van der Waals surface area contributed by atoms with Gasteiger partial charge >= 0.3 is 0 Å². The lowest BCUT2D eigenvalue weighted by Crippen LogP contribution is -2.49. The molecule has 0 aromatic carbocycles. The summed E-state index contributed by atoms with van der Waals surface area (Å²) < 4.78 is 0. The van der Waals surface area contributed by atoms with Crippen LogP contribution in [0.2, 0.25) is 0 Å². The van der Waals surface area contributed by atoms with Gasteiger partial charge in [-0.3, -0.25) is 9.59 Å². The average Bonchev–Trinajstić information content (AvgIpc) is 2.56. The number of rotatable bonds is 2. The minimum Gasteiger partial charge on any atom is -0.353 e. The number of hydrogen-bond acceptors (Lipinski definition) is 5. The van der Waals surface area contributed by atoms with Crippen LogP contribution < -0.4 is 10.5 Å². The molecule has 3 heterocycles. The first-order valence-electron chi connectivity index (χ1n) is 6.74. The van der Waals surface area contributed by atoms with Crippen LogP contribution in [-0.4, -0.2) is 51.9 Å². The van der Waals surface area contributed by atoms with Gasteiger partial charge < -0.3 is 14.8 Å². The summed E-state index contributed by atoms with van der Waals surface area (Å²) in [5, 5.41) is 0. The Labute approximate surface area is 121 Å². The quantitative estimate of drug-likeness (QED) is 0.848. The minimum atomic E-state index is -0.313. The number of nitrogens with one attached hydrogen (secondary N) is 1. The van der Waals surface area contributed by atoms with Crippen LogP contribution in [0.1, 0.15) is 10.5 Å². The SMILES string of the molecule is O=C(c1c[nH]c(=O)cn1)N1CCN(c2ccccn2)CC1. The first kappa shape index (κ1) is 13.3. The van der Waals surface area contributed by atoms with Crippen LogP contribution in [-0.2, 0) is 0 Å². The van der Waals surface area contributed by atoms with Crippen LogP contribution in [0, 0.1) is 0 Å². The summed E-state index contributed by atoms with van der Waals surface area (Å²) in [6, 6.07) is 5.79. The van der Waals surface area contributed by atoms with Crippen LogP contribution in [0.25, 0.3) is 0 Å². The summed E-state index contributed by atoms with van der Waals surface area (Å²) in [5.74, 6) is 0.763. The number of hydrogen-bond donors (Lipinski definition) is 1. The molecule has 1 fully saturated rings. The second-order valence-electron chi connectivity index (χ2n) is 4.76. The molecule has 7 nitrogen and oxygen atoms in total. The molecule has 0 aliphatic carbocycles. The number of carbonyl (C=O) groups excluding carboxylic acids is 1. The Hall–Kier alpha value is -2.70. The third kappa shape index (κ3) is 2.91. The molecule has 2 aromatic heterocycles.